The Morgan fingerprint density at radius 2 is 1.76 bits per heavy atom. The Balaban J connectivity index is 1.37. The Hall–Kier alpha value is -3.71. The number of hydrazone groups is 1. The van der Waals surface area contributed by atoms with E-state index < -0.39 is 0 Å². The molecule has 0 saturated carbocycles. The van der Waals surface area contributed by atoms with E-state index in [1.54, 1.807) is 43.3 Å². The second kappa shape index (κ2) is 10.3. The zero-order valence-electron chi connectivity index (χ0n) is 17.9. The Labute approximate surface area is 199 Å². The van der Waals surface area contributed by atoms with E-state index in [-0.39, 0.29) is 18.3 Å². The lowest BCUT2D eigenvalue weighted by Gasteiger charge is -2.07. The van der Waals surface area contributed by atoms with Gasteiger partial charge in [-0.25, -0.2) is 10.2 Å². The Morgan fingerprint density at radius 1 is 1.00 bits per heavy atom. The summed E-state index contributed by atoms with van der Waals surface area (Å²) < 4.78 is 11.7. The number of furan rings is 1. The number of carbonyl (C=O) groups excluding carboxylic acids is 2. The van der Waals surface area contributed by atoms with Gasteiger partial charge >= 0.3 is 5.97 Å². The minimum Gasteiger partial charge on any atom is -0.462 e. The van der Waals surface area contributed by atoms with Crippen LogP contribution in [0.4, 0.5) is 0 Å². The number of hydrogen-bond donors (Lipinski definition) is 1. The first-order valence-electron chi connectivity index (χ1n) is 10.4. The van der Waals surface area contributed by atoms with Crippen molar-refractivity contribution < 1.29 is 18.7 Å². The van der Waals surface area contributed by atoms with Gasteiger partial charge < -0.3 is 9.15 Å². The van der Waals surface area contributed by atoms with Crippen LogP contribution in [0.1, 0.15) is 28.6 Å². The van der Waals surface area contributed by atoms with E-state index in [1.807, 2.05) is 36.4 Å². The maximum absolute atomic E-state index is 12.4. The predicted octanol–water partition coefficient (Wildman–Crippen LogP) is 5.73. The predicted molar refractivity (Wildman–Crippen MR) is 131 cm³/mol. The van der Waals surface area contributed by atoms with Crippen LogP contribution >= 0.6 is 15.9 Å². The van der Waals surface area contributed by atoms with Gasteiger partial charge in [-0.2, -0.15) is 5.10 Å². The molecule has 7 heteroatoms. The first-order chi connectivity index (χ1) is 16.0. The van der Waals surface area contributed by atoms with Crippen LogP contribution in [-0.2, 0) is 16.0 Å². The molecule has 1 amide bonds. The van der Waals surface area contributed by atoms with Gasteiger partial charge in [-0.05, 0) is 53.6 Å². The highest BCUT2D eigenvalue weighted by Crippen LogP contribution is 2.27. The summed E-state index contributed by atoms with van der Waals surface area (Å²) in [5.41, 5.74) is 4.77. The highest BCUT2D eigenvalue weighted by molar-refractivity contribution is 9.10. The molecule has 0 spiro atoms. The molecule has 0 saturated heterocycles. The lowest BCUT2D eigenvalue weighted by atomic mass is 10.0. The van der Waals surface area contributed by atoms with Crippen molar-refractivity contribution in [2.45, 2.75) is 13.3 Å². The SMILES string of the molecule is CCOC(=O)c1ccc(-c2ccc(/C=N\NC(=O)Cc3ccc(Br)c4ccccc34)o2)cc1. The average molecular weight is 505 g/mol. The van der Waals surface area contributed by atoms with Gasteiger partial charge in [0.25, 0.3) is 0 Å². The zero-order chi connectivity index (χ0) is 23.2. The molecule has 0 aliphatic carbocycles. The third-order valence-electron chi connectivity index (χ3n) is 5.00. The van der Waals surface area contributed by atoms with Crippen LogP contribution in [0.5, 0.6) is 0 Å². The molecule has 1 heterocycles. The molecule has 0 bridgehead atoms. The molecular formula is C26H21BrN2O4. The number of esters is 1. The summed E-state index contributed by atoms with van der Waals surface area (Å²) in [6.07, 6.45) is 1.66. The van der Waals surface area contributed by atoms with Crippen molar-refractivity contribution in [2.24, 2.45) is 5.10 Å². The summed E-state index contributed by atoms with van der Waals surface area (Å²) >= 11 is 3.54. The topological polar surface area (TPSA) is 80.9 Å². The zero-order valence-corrected chi connectivity index (χ0v) is 19.5. The Bertz CT molecular complexity index is 1330. The quantitative estimate of drug-likeness (QED) is 0.198. The first-order valence-corrected chi connectivity index (χ1v) is 11.2. The normalized spacial score (nSPS) is 11.1. The number of halogens is 1. The lowest BCUT2D eigenvalue weighted by molar-refractivity contribution is -0.120. The molecule has 3 aromatic carbocycles. The number of amides is 1. The first kappa shape index (κ1) is 22.5. The molecule has 6 nitrogen and oxygen atoms in total. The standard InChI is InChI=1S/C26H21BrN2O4/c1-2-32-26(31)18-9-7-17(8-10-18)24-14-12-20(33-24)16-28-29-25(30)15-19-11-13-23(27)22-6-4-3-5-21(19)22/h3-14,16H,2,15H2,1H3,(H,29,30)/b28-16-. The van der Waals surface area contributed by atoms with Crippen LogP contribution in [0.25, 0.3) is 22.1 Å². The molecule has 0 radical (unpaired) electrons. The van der Waals surface area contributed by atoms with E-state index in [0.29, 0.717) is 23.7 Å². The number of carbonyl (C=O) groups is 2. The fourth-order valence-corrected chi connectivity index (χ4v) is 3.90. The van der Waals surface area contributed by atoms with Crippen LogP contribution in [-0.4, -0.2) is 24.7 Å². The monoisotopic (exact) mass is 504 g/mol. The lowest BCUT2D eigenvalue weighted by Crippen LogP contribution is -2.19. The average Bonchev–Trinajstić information content (AvgIpc) is 3.30. The summed E-state index contributed by atoms with van der Waals surface area (Å²) in [5, 5.41) is 6.10. The molecule has 1 N–H and O–H groups in total. The molecule has 0 unspecified atom stereocenters. The van der Waals surface area contributed by atoms with Gasteiger partial charge in [0, 0.05) is 10.0 Å². The summed E-state index contributed by atoms with van der Waals surface area (Å²) in [4.78, 5) is 24.2. The molecule has 0 aliphatic rings. The van der Waals surface area contributed by atoms with Gasteiger partial charge in [-0.1, -0.05) is 58.4 Å². The van der Waals surface area contributed by atoms with E-state index in [1.165, 1.54) is 6.21 Å². The molecule has 0 aliphatic heterocycles. The van der Waals surface area contributed by atoms with Crippen molar-refractivity contribution >= 4 is 44.8 Å². The van der Waals surface area contributed by atoms with Crippen LogP contribution in [0.3, 0.4) is 0 Å². The summed E-state index contributed by atoms with van der Waals surface area (Å²) in [7, 11) is 0. The van der Waals surface area contributed by atoms with Gasteiger partial charge in [0.1, 0.15) is 11.5 Å². The Morgan fingerprint density at radius 3 is 2.52 bits per heavy atom. The van der Waals surface area contributed by atoms with E-state index in [4.69, 9.17) is 9.15 Å². The molecule has 33 heavy (non-hydrogen) atoms. The highest BCUT2D eigenvalue weighted by atomic mass is 79.9. The summed E-state index contributed by atoms with van der Waals surface area (Å²) in [6, 6.07) is 22.3. The molecule has 4 aromatic rings. The minimum absolute atomic E-state index is 0.210. The molecule has 4 rings (SSSR count). The minimum atomic E-state index is -0.358. The summed E-state index contributed by atoms with van der Waals surface area (Å²) in [5.74, 6) is 0.539. The third-order valence-corrected chi connectivity index (χ3v) is 5.69. The van der Waals surface area contributed by atoms with Crippen molar-refractivity contribution in [1.82, 2.24) is 5.43 Å². The van der Waals surface area contributed by atoms with Gasteiger partial charge in [0.05, 0.1) is 24.8 Å². The number of fused-ring (bicyclic) bond motifs is 1. The van der Waals surface area contributed by atoms with Crippen LogP contribution in [0.2, 0.25) is 0 Å². The van der Waals surface area contributed by atoms with Crippen LogP contribution in [0.15, 0.2) is 86.8 Å². The van der Waals surface area contributed by atoms with E-state index in [0.717, 1.165) is 26.4 Å². The maximum atomic E-state index is 12.4. The second-order valence-electron chi connectivity index (χ2n) is 7.22. The van der Waals surface area contributed by atoms with E-state index in [2.05, 4.69) is 26.5 Å². The van der Waals surface area contributed by atoms with Crippen LogP contribution < -0.4 is 5.43 Å². The number of hydrogen-bond acceptors (Lipinski definition) is 5. The van der Waals surface area contributed by atoms with Crippen molar-refractivity contribution in [3.8, 4) is 11.3 Å². The Kier molecular flexibility index (Phi) is 7.00. The van der Waals surface area contributed by atoms with Gasteiger partial charge in [0.2, 0.25) is 5.91 Å². The molecule has 0 fully saturated rings. The van der Waals surface area contributed by atoms with Crippen LogP contribution in [0, 0.1) is 0 Å². The fourth-order valence-electron chi connectivity index (χ4n) is 3.42. The van der Waals surface area contributed by atoms with Crippen molar-refractivity contribution in [3.05, 3.63) is 94.2 Å². The number of rotatable bonds is 7. The molecule has 0 atom stereocenters. The molecule has 1 aromatic heterocycles. The molecular weight excluding hydrogens is 484 g/mol. The van der Waals surface area contributed by atoms with Crippen molar-refractivity contribution in [3.63, 3.8) is 0 Å². The highest BCUT2D eigenvalue weighted by Gasteiger charge is 2.10. The smallest absolute Gasteiger partial charge is 0.338 e. The van der Waals surface area contributed by atoms with Gasteiger partial charge in [-0.3, -0.25) is 4.79 Å². The summed E-state index contributed by atoms with van der Waals surface area (Å²) in [6.45, 7) is 2.10. The van der Waals surface area contributed by atoms with E-state index >= 15 is 0 Å². The number of nitrogens with one attached hydrogen (secondary N) is 1. The second-order valence-corrected chi connectivity index (χ2v) is 8.08. The van der Waals surface area contributed by atoms with Crippen molar-refractivity contribution in [1.29, 1.82) is 0 Å². The number of nitrogens with zero attached hydrogens (tertiary/aromatic N) is 1. The number of benzene rings is 3. The van der Waals surface area contributed by atoms with Crippen molar-refractivity contribution in [2.75, 3.05) is 6.61 Å². The fraction of sp³-hybridized carbons (Fsp3) is 0.115. The largest absolute Gasteiger partial charge is 0.462 e. The molecule has 166 valence electrons. The van der Waals surface area contributed by atoms with Gasteiger partial charge in [0.15, 0.2) is 0 Å². The number of ether oxygens (including phenoxy) is 1. The maximum Gasteiger partial charge on any atom is 0.338 e. The third kappa shape index (κ3) is 5.38. The van der Waals surface area contributed by atoms with E-state index in [9.17, 15) is 9.59 Å². The van der Waals surface area contributed by atoms with Gasteiger partial charge in [-0.15, -0.1) is 0 Å².